The molecule has 28 heavy (non-hydrogen) atoms. The molecule has 1 aliphatic rings. The molecule has 0 radical (unpaired) electrons. The molecule has 5 nitrogen and oxygen atoms in total. The van der Waals surface area contributed by atoms with Crippen LogP contribution in [0.5, 0.6) is 0 Å². The van der Waals surface area contributed by atoms with E-state index >= 15 is 0 Å². The van der Waals surface area contributed by atoms with E-state index in [1.807, 2.05) is 30.5 Å². The highest BCUT2D eigenvalue weighted by molar-refractivity contribution is 6.06. The van der Waals surface area contributed by atoms with Gasteiger partial charge in [0.1, 0.15) is 11.5 Å². The second-order valence-electron chi connectivity index (χ2n) is 8.74. The SMILES string of the molecule is Cc1ccc(Nc2ccc3c(C(=O)NC4CCC4)cn(C(C)(C)C)c3n2)cc1. The Labute approximate surface area is 166 Å². The predicted octanol–water partition coefficient (Wildman–Crippen LogP) is 5.13. The first-order valence-electron chi connectivity index (χ1n) is 9.98. The van der Waals surface area contributed by atoms with Crippen LogP contribution in [0, 0.1) is 6.92 Å². The molecule has 0 saturated heterocycles. The van der Waals surface area contributed by atoms with E-state index in [4.69, 9.17) is 4.98 Å². The maximum atomic E-state index is 12.8. The molecule has 0 spiro atoms. The van der Waals surface area contributed by atoms with E-state index < -0.39 is 0 Å². The number of amides is 1. The fraction of sp³-hybridized carbons (Fsp3) is 0.391. The van der Waals surface area contributed by atoms with Crippen LogP contribution in [-0.4, -0.2) is 21.5 Å². The number of carbonyl (C=O) groups is 1. The van der Waals surface area contributed by atoms with E-state index in [0.29, 0.717) is 11.6 Å². The first-order valence-corrected chi connectivity index (χ1v) is 9.98. The van der Waals surface area contributed by atoms with Gasteiger partial charge in [0, 0.05) is 28.9 Å². The summed E-state index contributed by atoms with van der Waals surface area (Å²) in [5.41, 5.74) is 3.56. The second-order valence-corrected chi connectivity index (χ2v) is 8.74. The molecule has 1 aromatic carbocycles. The number of pyridine rings is 1. The summed E-state index contributed by atoms with van der Waals surface area (Å²) < 4.78 is 2.10. The molecule has 4 rings (SSSR count). The summed E-state index contributed by atoms with van der Waals surface area (Å²) in [6, 6.07) is 12.5. The van der Waals surface area contributed by atoms with Crippen molar-refractivity contribution in [3.05, 3.63) is 53.7 Å². The molecule has 1 fully saturated rings. The normalized spacial score (nSPS) is 14.7. The Morgan fingerprint density at radius 3 is 2.43 bits per heavy atom. The molecule has 1 amide bonds. The summed E-state index contributed by atoms with van der Waals surface area (Å²) in [5.74, 6) is 0.768. The quantitative estimate of drug-likeness (QED) is 0.664. The molecule has 1 aliphatic carbocycles. The van der Waals surface area contributed by atoms with Gasteiger partial charge in [0.05, 0.1) is 5.56 Å². The second kappa shape index (κ2) is 6.97. The van der Waals surface area contributed by atoms with Gasteiger partial charge in [-0.2, -0.15) is 0 Å². The molecule has 1 saturated carbocycles. The van der Waals surface area contributed by atoms with E-state index in [1.54, 1.807) is 0 Å². The number of nitrogens with zero attached hydrogens (tertiary/aromatic N) is 2. The number of aromatic nitrogens is 2. The monoisotopic (exact) mass is 376 g/mol. The van der Waals surface area contributed by atoms with Gasteiger partial charge < -0.3 is 15.2 Å². The average Bonchev–Trinajstić information content (AvgIpc) is 2.99. The maximum absolute atomic E-state index is 12.8. The Kier molecular flexibility index (Phi) is 4.61. The summed E-state index contributed by atoms with van der Waals surface area (Å²) in [4.78, 5) is 17.7. The van der Waals surface area contributed by atoms with E-state index in [0.717, 1.165) is 35.4 Å². The van der Waals surface area contributed by atoms with Crippen LogP contribution in [0.4, 0.5) is 11.5 Å². The smallest absolute Gasteiger partial charge is 0.253 e. The molecule has 5 heteroatoms. The molecule has 3 aromatic rings. The van der Waals surface area contributed by atoms with Gasteiger partial charge in [0.2, 0.25) is 0 Å². The Morgan fingerprint density at radius 2 is 1.82 bits per heavy atom. The molecular weight excluding hydrogens is 348 g/mol. The van der Waals surface area contributed by atoms with Crippen LogP contribution in [0.2, 0.25) is 0 Å². The van der Waals surface area contributed by atoms with E-state index in [9.17, 15) is 4.79 Å². The van der Waals surface area contributed by atoms with Gasteiger partial charge in [-0.1, -0.05) is 17.7 Å². The molecule has 146 valence electrons. The Hall–Kier alpha value is -2.82. The lowest BCUT2D eigenvalue weighted by molar-refractivity contribution is 0.0918. The number of fused-ring (bicyclic) bond motifs is 1. The summed E-state index contributed by atoms with van der Waals surface area (Å²) in [5, 5.41) is 7.41. The number of benzene rings is 1. The van der Waals surface area contributed by atoms with Crippen LogP contribution in [0.25, 0.3) is 11.0 Å². The molecule has 2 heterocycles. The van der Waals surface area contributed by atoms with Gasteiger partial charge in [-0.05, 0) is 71.2 Å². The van der Waals surface area contributed by atoms with Crippen molar-refractivity contribution in [2.24, 2.45) is 0 Å². The number of anilines is 2. The Morgan fingerprint density at radius 1 is 1.11 bits per heavy atom. The third-order valence-electron chi connectivity index (χ3n) is 5.38. The summed E-state index contributed by atoms with van der Waals surface area (Å²) in [7, 11) is 0. The van der Waals surface area contributed by atoms with Crippen molar-refractivity contribution in [1.29, 1.82) is 0 Å². The van der Waals surface area contributed by atoms with Crippen molar-refractivity contribution in [1.82, 2.24) is 14.9 Å². The average molecular weight is 377 g/mol. The largest absolute Gasteiger partial charge is 0.349 e. The van der Waals surface area contributed by atoms with Crippen molar-refractivity contribution in [2.75, 3.05) is 5.32 Å². The van der Waals surface area contributed by atoms with Gasteiger partial charge in [-0.3, -0.25) is 4.79 Å². The molecule has 0 bridgehead atoms. The van der Waals surface area contributed by atoms with Crippen molar-refractivity contribution >= 4 is 28.4 Å². The highest BCUT2D eigenvalue weighted by Crippen LogP contribution is 2.29. The van der Waals surface area contributed by atoms with E-state index in [1.165, 1.54) is 12.0 Å². The Bertz CT molecular complexity index is 1010. The van der Waals surface area contributed by atoms with Crippen molar-refractivity contribution in [3.8, 4) is 0 Å². The van der Waals surface area contributed by atoms with Crippen LogP contribution in [0.1, 0.15) is 56.0 Å². The van der Waals surface area contributed by atoms with Crippen LogP contribution in [0.3, 0.4) is 0 Å². The lowest BCUT2D eigenvalue weighted by Crippen LogP contribution is -2.39. The number of nitrogens with one attached hydrogen (secondary N) is 2. The number of aryl methyl sites for hydroxylation is 1. The molecule has 2 N–H and O–H groups in total. The number of hydrogen-bond acceptors (Lipinski definition) is 3. The third-order valence-corrected chi connectivity index (χ3v) is 5.38. The molecule has 0 aliphatic heterocycles. The zero-order valence-electron chi connectivity index (χ0n) is 17.0. The Balaban J connectivity index is 1.71. The fourth-order valence-electron chi connectivity index (χ4n) is 3.46. The van der Waals surface area contributed by atoms with Crippen LogP contribution >= 0.6 is 0 Å². The topological polar surface area (TPSA) is 59.0 Å². The van der Waals surface area contributed by atoms with Gasteiger partial charge in [0.15, 0.2) is 0 Å². The third kappa shape index (κ3) is 3.61. The molecule has 0 unspecified atom stereocenters. The minimum atomic E-state index is -0.178. The van der Waals surface area contributed by atoms with Crippen molar-refractivity contribution < 1.29 is 4.79 Å². The summed E-state index contributed by atoms with van der Waals surface area (Å²) >= 11 is 0. The van der Waals surface area contributed by atoms with Gasteiger partial charge >= 0.3 is 0 Å². The first-order chi connectivity index (χ1) is 13.3. The van der Waals surface area contributed by atoms with Crippen molar-refractivity contribution in [3.63, 3.8) is 0 Å². The molecular formula is C23H28N4O. The number of hydrogen-bond donors (Lipinski definition) is 2. The maximum Gasteiger partial charge on any atom is 0.253 e. The minimum absolute atomic E-state index is 0.00116. The lowest BCUT2D eigenvalue weighted by atomic mass is 9.93. The first kappa shape index (κ1) is 18.5. The summed E-state index contributed by atoms with van der Waals surface area (Å²) in [6.45, 7) is 8.45. The highest BCUT2D eigenvalue weighted by atomic mass is 16.1. The van der Waals surface area contributed by atoms with Gasteiger partial charge in [-0.15, -0.1) is 0 Å². The van der Waals surface area contributed by atoms with Crippen LogP contribution in [0.15, 0.2) is 42.6 Å². The molecule has 0 atom stereocenters. The predicted molar refractivity (Wildman–Crippen MR) is 114 cm³/mol. The van der Waals surface area contributed by atoms with E-state index in [-0.39, 0.29) is 11.4 Å². The van der Waals surface area contributed by atoms with Crippen LogP contribution < -0.4 is 10.6 Å². The van der Waals surface area contributed by atoms with E-state index in [2.05, 4.69) is 55.0 Å². The van der Waals surface area contributed by atoms with Crippen LogP contribution in [-0.2, 0) is 5.54 Å². The minimum Gasteiger partial charge on any atom is -0.349 e. The number of carbonyl (C=O) groups excluding carboxylic acids is 1. The lowest BCUT2D eigenvalue weighted by Gasteiger charge is -2.26. The standard InChI is InChI=1S/C23H28N4O/c1-15-8-10-17(11-9-15)24-20-13-12-18-19(22(28)25-16-6-5-7-16)14-27(21(18)26-20)23(2,3)4/h8-14,16H,5-7H2,1-4H3,(H,24,26)(H,25,28). The summed E-state index contributed by atoms with van der Waals surface area (Å²) in [6.07, 6.45) is 5.30. The fourth-order valence-corrected chi connectivity index (χ4v) is 3.46. The van der Waals surface area contributed by atoms with Crippen molar-refractivity contribution in [2.45, 2.75) is 58.5 Å². The van der Waals surface area contributed by atoms with Gasteiger partial charge in [0.25, 0.3) is 5.91 Å². The van der Waals surface area contributed by atoms with Gasteiger partial charge in [-0.25, -0.2) is 4.98 Å². The zero-order valence-corrected chi connectivity index (χ0v) is 17.0. The number of rotatable bonds is 4. The molecule has 2 aromatic heterocycles. The zero-order chi connectivity index (χ0) is 19.9. The highest BCUT2D eigenvalue weighted by Gasteiger charge is 2.25.